The van der Waals surface area contributed by atoms with E-state index < -0.39 is 0 Å². The van der Waals surface area contributed by atoms with Gasteiger partial charge in [-0.1, -0.05) is 47.5 Å². The molecule has 0 heterocycles. The molecule has 0 aromatic heterocycles. The van der Waals surface area contributed by atoms with Crippen LogP contribution in [0.25, 0.3) is 0 Å². The molecule has 1 unspecified atom stereocenters. The van der Waals surface area contributed by atoms with Crippen molar-refractivity contribution in [3.05, 3.63) is 0 Å². The number of nitrogens with one attached hydrogen (secondary N) is 1. The molecule has 1 N–H and O–H groups in total. The quantitative estimate of drug-likeness (QED) is 0.721. The second-order valence-electron chi connectivity index (χ2n) is 7.16. The Labute approximate surface area is 101 Å². The van der Waals surface area contributed by atoms with E-state index in [9.17, 15) is 0 Å². The van der Waals surface area contributed by atoms with Crippen LogP contribution in [-0.4, -0.2) is 12.6 Å². The largest absolute Gasteiger partial charge is 0.314 e. The summed E-state index contributed by atoms with van der Waals surface area (Å²) in [5.74, 6) is 1.92. The van der Waals surface area contributed by atoms with Crippen LogP contribution in [0.3, 0.4) is 0 Å². The fraction of sp³-hybridized carbons (Fsp3) is 1.00. The van der Waals surface area contributed by atoms with Gasteiger partial charge in [0.05, 0.1) is 0 Å². The van der Waals surface area contributed by atoms with E-state index in [4.69, 9.17) is 0 Å². The molecule has 0 bridgehead atoms. The molecule has 16 heavy (non-hydrogen) atoms. The molecule has 0 spiro atoms. The van der Waals surface area contributed by atoms with Gasteiger partial charge < -0.3 is 5.32 Å². The Morgan fingerprint density at radius 1 is 1.12 bits per heavy atom. The molecule has 2 fully saturated rings. The lowest BCUT2D eigenvalue weighted by Gasteiger charge is -2.20. The molecule has 2 aliphatic carbocycles. The molecular formula is C15H29N. The maximum Gasteiger partial charge on any atom is 0.0109 e. The van der Waals surface area contributed by atoms with Crippen molar-refractivity contribution in [2.45, 2.75) is 66.3 Å². The summed E-state index contributed by atoms with van der Waals surface area (Å²) in [6, 6.07) is 0.775. The van der Waals surface area contributed by atoms with E-state index in [1.165, 1.54) is 32.2 Å². The molecule has 0 amide bonds. The van der Waals surface area contributed by atoms with Gasteiger partial charge in [0.25, 0.3) is 0 Å². The van der Waals surface area contributed by atoms with E-state index in [-0.39, 0.29) is 0 Å². The summed E-state index contributed by atoms with van der Waals surface area (Å²) in [6.07, 6.45) is 5.65. The van der Waals surface area contributed by atoms with E-state index in [1.807, 2.05) is 0 Å². The summed E-state index contributed by atoms with van der Waals surface area (Å²) in [7, 11) is 0. The van der Waals surface area contributed by atoms with Crippen LogP contribution in [0.2, 0.25) is 0 Å². The SMILES string of the molecule is CCCNC(CC1CC1)C1C(C)(C)C1(C)C. The normalized spacial score (nSPS) is 29.1. The average Bonchev–Trinajstić information content (AvgIpc) is 3.03. The first-order chi connectivity index (χ1) is 7.41. The second kappa shape index (κ2) is 4.01. The van der Waals surface area contributed by atoms with Crippen LogP contribution in [-0.2, 0) is 0 Å². The summed E-state index contributed by atoms with van der Waals surface area (Å²) >= 11 is 0. The van der Waals surface area contributed by atoms with Crippen LogP contribution in [0.4, 0.5) is 0 Å². The molecule has 1 atom stereocenters. The van der Waals surface area contributed by atoms with Crippen LogP contribution in [0.5, 0.6) is 0 Å². The van der Waals surface area contributed by atoms with Crippen molar-refractivity contribution in [1.82, 2.24) is 5.32 Å². The highest BCUT2D eigenvalue weighted by molar-refractivity contribution is 5.16. The van der Waals surface area contributed by atoms with Crippen molar-refractivity contribution in [1.29, 1.82) is 0 Å². The molecule has 1 heteroatoms. The van der Waals surface area contributed by atoms with Crippen molar-refractivity contribution in [2.24, 2.45) is 22.7 Å². The van der Waals surface area contributed by atoms with E-state index in [0.29, 0.717) is 10.8 Å². The van der Waals surface area contributed by atoms with Gasteiger partial charge in [-0.25, -0.2) is 0 Å². The molecule has 2 saturated carbocycles. The van der Waals surface area contributed by atoms with Crippen molar-refractivity contribution in [3.8, 4) is 0 Å². The Kier molecular flexibility index (Phi) is 3.11. The van der Waals surface area contributed by atoms with Crippen molar-refractivity contribution >= 4 is 0 Å². The summed E-state index contributed by atoms with van der Waals surface area (Å²) in [5.41, 5.74) is 1.07. The molecule has 0 aromatic rings. The Morgan fingerprint density at radius 3 is 2.06 bits per heavy atom. The first-order valence-corrected chi connectivity index (χ1v) is 7.14. The lowest BCUT2D eigenvalue weighted by atomic mass is 9.98. The number of hydrogen-bond donors (Lipinski definition) is 1. The van der Waals surface area contributed by atoms with Crippen LogP contribution in [0.15, 0.2) is 0 Å². The molecule has 2 aliphatic rings. The van der Waals surface area contributed by atoms with Gasteiger partial charge in [-0.3, -0.25) is 0 Å². The van der Waals surface area contributed by atoms with Crippen LogP contribution < -0.4 is 5.32 Å². The van der Waals surface area contributed by atoms with E-state index in [0.717, 1.165) is 17.9 Å². The Balaban J connectivity index is 1.96. The summed E-state index contributed by atoms with van der Waals surface area (Å²) in [6.45, 7) is 13.3. The summed E-state index contributed by atoms with van der Waals surface area (Å²) < 4.78 is 0. The minimum absolute atomic E-state index is 0.535. The number of hydrogen-bond acceptors (Lipinski definition) is 1. The fourth-order valence-corrected chi connectivity index (χ4v) is 3.63. The van der Waals surface area contributed by atoms with Crippen molar-refractivity contribution < 1.29 is 0 Å². The van der Waals surface area contributed by atoms with Gasteiger partial charge in [0.2, 0.25) is 0 Å². The van der Waals surface area contributed by atoms with Gasteiger partial charge in [0, 0.05) is 6.04 Å². The lowest BCUT2D eigenvalue weighted by molar-refractivity contribution is 0.363. The number of rotatable bonds is 6. The maximum atomic E-state index is 3.81. The molecule has 94 valence electrons. The van der Waals surface area contributed by atoms with Crippen LogP contribution in [0.1, 0.15) is 60.3 Å². The fourth-order valence-electron chi connectivity index (χ4n) is 3.63. The minimum atomic E-state index is 0.535. The first-order valence-electron chi connectivity index (χ1n) is 7.14. The van der Waals surface area contributed by atoms with E-state index >= 15 is 0 Å². The third-order valence-electron chi connectivity index (χ3n) is 5.48. The first kappa shape index (κ1) is 12.4. The van der Waals surface area contributed by atoms with Gasteiger partial charge in [-0.05, 0) is 42.1 Å². The Hall–Kier alpha value is -0.0400. The highest BCUT2D eigenvalue weighted by atomic mass is 15.0. The molecule has 0 saturated heterocycles. The molecule has 0 aromatic carbocycles. The zero-order valence-corrected chi connectivity index (χ0v) is 11.8. The van der Waals surface area contributed by atoms with Gasteiger partial charge >= 0.3 is 0 Å². The van der Waals surface area contributed by atoms with Gasteiger partial charge in [-0.2, -0.15) is 0 Å². The predicted molar refractivity (Wildman–Crippen MR) is 70.5 cm³/mol. The molecule has 2 rings (SSSR count). The smallest absolute Gasteiger partial charge is 0.0109 e. The molecular weight excluding hydrogens is 194 g/mol. The maximum absolute atomic E-state index is 3.81. The van der Waals surface area contributed by atoms with E-state index in [1.54, 1.807) is 0 Å². The van der Waals surface area contributed by atoms with Crippen molar-refractivity contribution in [2.75, 3.05) is 6.54 Å². The van der Waals surface area contributed by atoms with E-state index in [2.05, 4.69) is 39.9 Å². The Bertz CT molecular complexity index is 236. The zero-order chi connectivity index (χ0) is 12.0. The summed E-state index contributed by atoms with van der Waals surface area (Å²) in [4.78, 5) is 0. The minimum Gasteiger partial charge on any atom is -0.314 e. The summed E-state index contributed by atoms with van der Waals surface area (Å²) in [5, 5.41) is 3.81. The molecule has 0 aliphatic heterocycles. The Morgan fingerprint density at radius 2 is 1.69 bits per heavy atom. The van der Waals surface area contributed by atoms with Gasteiger partial charge in [0.15, 0.2) is 0 Å². The average molecular weight is 223 g/mol. The van der Waals surface area contributed by atoms with Crippen LogP contribution in [0, 0.1) is 22.7 Å². The zero-order valence-electron chi connectivity index (χ0n) is 11.8. The molecule has 1 nitrogen and oxygen atoms in total. The van der Waals surface area contributed by atoms with Gasteiger partial charge in [-0.15, -0.1) is 0 Å². The predicted octanol–water partition coefficient (Wildman–Crippen LogP) is 3.84. The van der Waals surface area contributed by atoms with Gasteiger partial charge in [0.1, 0.15) is 0 Å². The third-order valence-corrected chi connectivity index (χ3v) is 5.48. The van der Waals surface area contributed by atoms with Crippen molar-refractivity contribution in [3.63, 3.8) is 0 Å². The third kappa shape index (κ3) is 2.03. The molecule has 0 radical (unpaired) electrons. The standard InChI is InChI=1S/C15H29N/c1-6-9-16-12(10-11-7-8-11)13-14(2,3)15(13,4)5/h11-13,16H,6-10H2,1-5H3. The van der Waals surface area contributed by atoms with Crippen LogP contribution >= 0.6 is 0 Å². The topological polar surface area (TPSA) is 12.0 Å². The monoisotopic (exact) mass is 223 g/mol. The lowest BCUT2D eigenvalue weighted by Crippen LogP contribution is -2.34. The second-order valence-corrected chi connectivity index (χ2v) is 7.16. The highest BCUT2D eigenvalue weighted by Gasteiger charge is 2.67. The highest BCUT2D eigenvalue weighted by Crippen LogP contribution is 2.70.